The molecule has 17 nitrogen and oxygen atoms in total. The number of ether oxygens (including phenoxy) is 3. The third-order valence-electron chi connectivity index (χ3n) is 16.8. The average Bonchev–Trinajstić information content (AvgIpc) is 4.07. The smallest absolute Gasteiger partial charge is 0.410 e. The number of rotatable bonds is 33. The lowest BCUT2D eigenvalue weighted by molar-refractivity contribution is -0.148. The second-order valence-corrected chi connectivity index (χ2v) is 23.4. The first-order valence-corrected chi connectivity index (χ1v) is 29.8. The fourth-order valence-corrected chi connectivity index (χ4v) is 11.8. The predicted molar refractivity (Wildman–Crippen MR) is 316 cm³/mol. The van der Waals surface area contributed by atoms with Crippen molar-refractivity contribution in [3.8, 4) is 0 Å². The Kier molecular flexibility index (Phi) is 30.0. The molecule has 2 N–H and O–H groups in total. The SMILES string of the molecule is CCC1CC(=O)N(CCCCCC(=O)CNc2ccc(COC(=O)N(C)[C@H](C(C)=O)C(C)C)cc2)C1=O.CC[C@H](C(=O)N(C)[C@@H]([C@@H](C)CC)[C@@H](CC(=O)N1CCC[C@H]1[C@H](OC)[C@@H](C)C(=O)C[C@H](C)[C@@H](O)c1ccccc1)OC)C(C)C. The van der Waals surface area contributed by atoms with Crippen molar-refractivity contribution in [3.63, 3.8) is 0 Å². The molecule has 5 amide bonds. The van der Waals surface area contributed by atoms with E-state index in [9.17, 15) is 43.5 Å². The average molecular weight is 1130 g/mol. The van der Waals surface area contributed by atoms with Crippen LogP contribution in [0.2, 0.25) is 0 Å². The van der Waals surface area contributed by atoms with Crippen LogP contribution in [0.15, 0.2) is 54.6 Å². The Morgan fingerprint density at radius 1 is 0.790 bits per heavy atom. The molecule has 0 spiro atoms. The van der Waals surface area contributed by atoms with E-state index in [4.69, 9.17) is 14.2 Å². The molecule has 4 rings (SSSR count). The van der Waals surface area contributed by atoms with Crippen molar-refractivity contribution in [2.24, 2.45) is 41.4 Å². The number of anilines is 1. The van der Waals surface area contributed by atoms with Crippen molar-refractivity contribution in [1.82, 2.24) is 19.6 Å². The molecule has 81 heavy (non-hydrogen) atoms. The Labute approximate surface area is 484 Å². The number of aliphatic hydroxyl groups excluding tert-OH is 1. The lowest BCUT2D eigenvalue weighted by Gasteiger charge is -2.40. The van der Waals surface area contributed by atoms with Crippen molar-refractivity contribution in [1.29, 1.82) is 0 Å². The molecule has 2 aromatic rings. The summed E-state index contributed by atoms with van der Waals surface area (Å²) in [4.78, 5) is 108. The summed E-state index contributed by atoms with van der Waals surface area (Å²) in [5.74, 6) is -0.665. The van der Waals surface area contributed by atoms with Gasteiger partial charge in [-0.2, -0.15) is 0 Å². The van der Waals surface area contributed by atoms with Crippen LogP contribution < -0.4 is 5.32 Å². The molecule has 2 aromatic carbocycles. The fourth-order valence-electron chi connectivity index (χ4n) is 11.8. The summed E-state index contributed by atoms with van der Waals surface area (Å²) in [6.45, 7) is 22.7. The van der Waals surface area contributed by atoms with E-state index in [1.54, 1.807) is 21.3 Å². The highest BCUT2D eigenvalue weighted by Gasteiger charge is 2.43. The molecule has 454 valence electrons. The number of nitrogens with zero attached hydrogens (tertiary/aromatic N) is 4. The van der Waals surface area contributed by atoms with E-state index in [1.165, 1.54) is 16.7 Å². The van der Waals surface area contributed by atoms with Gasteiger partial charge in [0.2, 0.25) is 23.6 Å². The number of benzene rings is 2. The minimum Gasteiger partial charge on any atom is -0.445 e. The van der Waals surface area contributed by atoms with E-state index in [0.29, 0.717) is 45.2 Å². The standard InChI is InChI=1S/C36H60N2O6.C28H41N3O6/c1-11-24(5)33(37(8)36(42)28(12-2)23(3)4)31(43-9)22-32(40)38-20-16-19-29(38)35(44-10)26(7)30(39)21-25(6)34(41)27-17-14-13-15-18-27;1-6-22-16-25(34)31(27(22)35)15-9-7-8-10-24(33)17-29-23-13-11-21(12-14-23)18-37-28(36)30(5)26(19(2)3)20(4)32/h13-15,17-18,23-26,28-29,31,33-35,41H,11-12,16,19-22H2,1-10H3;11-14,19,22,26,29H,6-10,15-18H2,1-5H3/t24-,25-,26-,28-,29-,31+,33-,34+,35+;22?,26-/m00/s1. The van der Waals surface area contributed by atoms with E-state index >= 15 is 0 Å². The first-order valence-electron chi connectivity index (χ1n) is 29.8. The van der Waals surface area contributed by atoms with Crippen molar-refractivity contribution < 1.29 is 57.7 Å². The maximum atomic E-state index is 13.9. The highest BCUT2D eigenvalue weighted by molar-refractivity contribution is 6.03. The highest BCUT2D eigenvalue weighted by Crippen LogP contribution is 2.33. The Balaban J connectivity index is 0.000000432. The Hall–Kier alpha value is -5.52. The van der Waals surface area contributed by atoms with Crippen molar-refractivity contribution in [2.75, 3.05) is 53.3 Å². The molecule has 0 saturated carbocycles. The summed E-state index contributed by atoms with van der Waals surface area (Å²) in [6, 6.07) is 15.7. The number of imide groups is 1. The van der Waals surface area contributed by atoms with Crippen LogP contribution in [0.1, 0.15) is 170 Å². The lowest BCUT2D eigenvalue weighted by Crippen LogP contribution is -2.54. The minimum atomic E-state index is -0.736. The van der Waals surface area contributed by atoms with Gasteiger partial charge in [-0.15, -0.1) is 0 Å². The van der Waals surface area contributed by atoms with Crippen LogP contribution in [-0.2, 0) is 54.4 Å². The third kappa shape index (κ3) is 20.4. The van der Waals surface area contributed by atoms with Gasteiger partial charge in [0.25, 0.3) is 0 Å². The summed E-state index contributed by atoms with van der Waals surface area (Å²) in [6.07, 6.45) is 5.02. The maximum Gasteiger partial charge on any atom is 0.410 e. The quantitative estimate of drug-likeness (QED) is 0.0504. The first kappa shape index (κ1) is 69.7. The number of likely N-dealkylation sites (N-methyl/N-ethyl adjacent to an activating group) is 2. The number of methoxy groups -OCH3 is 2. The largest absolute Gasteiger partial charge is 0.445 e. The third-order valence-corrected chi connectivity index (χ3v) is 16.8. The molecule has 0 aliphatic carbocycles. The van der Waals surface area contributed by atoms with Crippen LogP contribution in [0.4, 0.5) is 10.5 Å². The Morgan fingerprint density at radius 3 is 1.99 bits per heavy atom. The van der Waals surface area contributed by atoms with E-state index in [2.05, 4.69) is 33.0 Å². The van der Waals surface area contributed by atoms with Gasteiger partial charge in [-0.3, -0.25) is 38.5 Å². The number of nitrogens with one attached hydrogen (secondary N) is 1. The van der Waals surface area contributed by atoms with Crippen LogP contribution in [0.25, 0.3) is 0 Å². The van der Waals surface area contributed by atoms with Gasteiger partial charge in [0.15, 0.2) is 11.6 Å². The number of aliphatic hydroxyl groups is 1. The zero-order valence-corrected chi connectivity index (χ0v) is 51.7. The normalized spacial score (nSPS) is 18.7. The molecule has 17 heteroatoms. The number of likely N-dealkylation sites (tertiary alicyclic amines) is 2. The van der Waals surface area contributed by atoms with Crippen LogP contribution in [0.3, 0.4) is 0 Å². The molecular weight excluding hydrogens is 1030 g/mol. The van der Waals surface area contributed by atoms with Crippen LogP contribution >= 0.6 is 0 Å². The summed E-state index contributed by atoms with van der Waals surface area (Å²) < 4.78 is 17.2. The zero-order chi connectivity index (χ0) is 60.7. The van der Waals surface area contributed by atoms with Crippen molar-refractivity contribution in [2.45, 2.75) is 196 Å². The number of hydrogen-bond donors (Lipinski definition) is 2. The first-order chi connectivity index (χ1) is 38.4. The van der Waals surface area contributed by atoms with Gasteiger partial charge in [-0.05, 0) is 92.4 Å². The fraction of sp³-hybridized carbons (Fsp3) is 0.688. The number of amides is 5. The van der Waals surface area contributed by atoms with Gasteiger partial charge in [0.1, 0.15) is 12.4 Å². The molecule has 0 radical (unpaired) electrons. The number of ketones is 3. The second-order valence-electron chi connectivity index (χ2n) is 23.4. The summed E-state index contributed by atoms with van der Waals surface area (Å²) in [5, 5.41) is 13.9. The van der Waals surface area contributed by atoms with E-state index < -0.39 is 36.4 Å². The molecule has 2 aliphatic rings. The summed E-state index contributed by atoms with van der Waals surface area (Å²) >= 11 is 0. The molecular formula is C64H101N5O12. The number of carbonyl (C=O) groups is 8. The predicted octanol–water partition coefficient (Wildman–Crippen LogP) is 10.1. The minimum absolute atomic E-state index is 0.0110. The van der Waals surface area contributed by atoms with E-state index in [0.717, 1.165) is 48.9 Å². The van der Waals surface area contributed by atoms with Gasteiger partial charge in [0, 0.05) is 84.1 Å². The van der Waals surface area contributed by atoms with E-state index in [-0.39, 0.29) is 115 Å². The molecule has 2 saturated heterocycles. The van der Waals surface area contributed by atoms with Crippen LogP contribution in [-0.4, -0.2) is 150 Å². The van der Waals surface area contributed by atoms with Gasteiger partial charge in [-0.25, -0.2) is 4.79 Å². The summed E-state index contributed by atoms with van der Waals surface area (Å²) in [5.41, 5.74) is 2.37. The van der Waals surface area contributed by atoms with Gasteiger partial charge in [-0.1, -0.05) is 125 Å². The highest BCUT2D eigenvalue weighted by atomic mass is 16.6. The van der Waals surface area contributed by atoms with E-state index in [1.807, 2.05) is 113 Å². The molecule has 0 bridgehead atoms. The van der Waals surface area contributed by atoms with Crippen LogP contribution in [0.5, 0.6) is 0 Å². The summed E-state index contributed by atoms with van der Waals surface area (Å²) in [7, 11) is 6.64. The molecule has 2 fully saturated rings. The molecule has 0 aromatic heterocycles. The molecule has 2 heterocycles. The number of Topliss-reactive ketones (excluding diaryl/α,β-unsaturated/α-hetero) is 3. The van der Waals surface area contributed by atoms with Crippen molar-refractivity contribution >= 4 is 52.8 Å². The molecule has 1 unspecified atom stereocenters. The van der Waals surface area contributed by atoms with Gasteiger partial charge in [0.05, 0.1) is 49.4 Å². The second kappa shape index (κ2) is 34.8. The topological polar surface area (TPSA) is 209 Å². The maximum absolute atomic E-state index is 13.9. The molecule has 11 atom stereocenters. The monoisotopic (exact) mass is 1130 g/mol. The van der Waals surface area contributed by atoms with Gasteiger partial charge < -0.3 is 39.3 Å². The Bertz CT molecular complexity index is 2310. The molecule has 2 aliphatic heterocycles. The zero-order valence-electron chi connectivity index (χ0n) is 51.7. The number of hydrogen-bond acceptors (Lipinski definition) is 13. The number of unbranched alkanes of at least 4 members (excludes halogenated alkanes) is 2. The van der Waals surface area contributed by atoms with Crippen molar-refractivity contribution in [3.05, 3.63) is 65.7 Å². The van der Waals surface area contributed by atoms with Crippen LogP contribution in [0, 0.1) is 41.4 Å². The Morgan fingerprint density at radius 2 is 1.44 bits per heavy atom. The van der Waals surface area contributed by atoms with Gasteiger partial charge >= 0.3 is 6.09 Å². The lowest BCUT2D eigenvalue weighted by atomic mass is 9.85. The number of carbonyl (C=O) groups excluding carboxylic acids is 8.